The molecule has 2 aromatic heterocycles. The minimum atomic E-state index is -1.70. The van der Waals surface area contributed by atoms with Crippen molar-refractivity contribution < 1.29 is 36.7 Å². The topological polar surface area (TPSA) is 49.2 Å². The standard InChI is InChI=1S/C31H26FN2O2.C19H26NSi.Ir/c1-18(2)22-16-20(32)17-23(19(3)4)29(22)34-25-12-6-5-11-24(25)33-31(34)21-10-9-15-28-30(21)36-27-14-8-7-13-26(27)35-28;1-19(2,3)13-16-12-17(15-10-8-7-9-11-15)20-14-18(16)21(4,5)6;/h5-9,11-19H,1-4H3;7-10,12,14H,13H2,1-6H3;/q2*-1;/i;13D2;. The molecule has 0 spiro atoms. The first-order valence-electron chi connectivity index (χ1n) is 20.7. The molecule has 0 atom stereocenters. The van der Waals surface area contributed by atoms with Crippen LogP contribution < -0.4 is 14.7 Å². The van der Waals surface area contributed by atoms with Crippen molar-refractivity contribution in [1.29, 1.82) is 0 Å². The Hall–Kier alpha value is -4.88. The summed E-state index contributed by atoms with van der Waals surface area (Å²) in [6.45, 7) is 20.9. The monoisotopic (exact) mass is 968 g/mol. The molecule has 0 saturated carbocycles. The maximum absolute atomic E-state index is 14.8. The second-order valence-electron chi connectivity index (χ2n) is 17.2. The van der Waals surface area contributed by atoms with E-state index in [2.05, 4.69) is 69.0 Å². The number of hydrogen-bond donors (Lipinski definition) is 0. The Labute approximate surface area is 360 Å². The summed E-state index contributed by atoms with van der Waals surface area (Å²) < 4.78 is 47.0. The molecule has 5 nitrogen and oxygen atoms in total. The Morgan fingerprint density at radius 3 is 2.05 bits per heavy atom. The molecule has 0 bridgehead atoms. The number of pyridine rings is 1. The van der Waals surface area contributed by atoms with Gasteiger partial charge in [0, 0.05) is 34.7 Å². The molecule has 0 saturated heterocycles. The maximum Gasteiger partial charge on any atom is 0.166 e. The SMILES string of the molecule is CC(C)c1cc(F)cc(C(C)C)c1-n1c(-c2[c-]ccc3c2Oc2ccccc2O3)nc2ccccc21.[2H]C([2H])(c1cc(-c2[c-]cccc2)ncc1[Si](C)(C)C)C(C)(C)C.[Ir]. The molecule has 5 aromatic carbocycles. The van der Waals surface area contributed by atoms with Gasteiger partial charge >= 0.3 is 0 Å². The van der Waals surface area contributed by atoms with Crippen LogP contribution in [0.3, 0.4) is 0 Å². The minimum absolute atomic E-state index is 0. The van der Waals surface area contributed by atoms with Crippen molar-refractivity contribution in [3.8, 4) is 51.3 Å². The number of aromatic nitrogens is 3. The van der Waals surface area contributed by atoms with Gasteiger partial charge in [-0.25, -0.2) is 4.39 Å². The Morgan fingerprint density at radius 2 is 1.43 bits per heavy atom. The third-order valence-electron chi connectivity index (χ3n) is 9.79. The fraction of sp³-hybridized carbons (Fsp3) is 0.280. The van der Waals surface area contributed by atoms with Gasteiger partial charge < -0.3 is 19.0 Å². The van der Waals surface area contributed by atoms with Gasteiger partial charge in [-0.15, -0.1) is 48.0 Å². The Morgan fingerprint density at radius 1 is 0.793 bits per heavy atom. The third kappa shape index (κ3) is 9.05. The maximum atomic E-state index is 14.8. The average molecular weight is 968 g/mol. The molecule has 8 heteroatoms. The average Bonchev–Trinajstić information content (AvgIpc) is 3.58. The quantitative estimate of drug-likeness (QED) is 0.118. The second-order valence-corrected chi connectivity index (χ2v) is 22.3. The molecule has 0 aliphatic carbocycles. The van der Waals surface area contributed by atoms with Gasteiger partial charge in [0.25, 0.3) is 0 Å². The summed E-state index contributed by atoms with van der Waals surface area (Å²) in [6.07, 6.45) is 0.469. The number of hydrogen-bond acceptors (Lipinski definition) is 4. The van der Waals surface area contributed by atoms with Gasteiger partial charge in [-0.1, -0.05) is 116 Å². The molecular formula is C50H52FIrN3O2Si-2. The number of para-hydroxylation sites is 4. The molecule has 0 amide bonds. The van der Waals surface area contributed by atoms with Gasteiger partial charge in [-0.3, -0.25) is 4.98 Å². The van der Waals surface area contributed by atoms with E-state index in [0.717, 1.165) is 49.9 Å². The van der Waals surface area contributed by atoms with E-state index in [-0.39, 0.29) is 37.8 Å². The summed E-state index contributed by atoms with van der Waals surface area (Å²) in [5.41, 5.74) is 7.25. The number of rotatable bonds is 7. The van der Waals surface area contributed by atoms with Crippen LogP contribution in [0.25, 0.3) is 39.4 Å². The van der Waals surface area contributed by atoms with Gasteiger partial charge in [0.1, 0.15) is 5.82 Å². The van der Waals surface area contributed by atoms with Gasteiger partial charge in [-0.05, 0) is 82.0 Å². The van der Waals surface area contributed by atoms with E-state index in [9.17, 15) is 4.39 Å². The molecule has 301 valence electrons. The van der Waals surface area contributed by atoms with Crippen LogP contribution in [0, 0.1) is 23.4 Å². The van der Waals surface area contributed by atoms with Crippen LogP contribution in [0.1, 0.15) is 79.7 Å². The Balaban J connectivity index is 0.000000219. The fourth-order valence-corrected chi connectivity index (χ4v) is 8.52. The summed E-state index contributed by atoms with van der Waals surface area (Å²) in [5, 5.41) is 1.09. The number of imidazole rings is 1. The van der Waals surface area contributed by atoms with Crippen LogP contribution >= 0.6 is 0 Å². The van der Waals surface area contributed by atoms with Gasteiger partial charge in [0.2, 0.25) is 0 Å². The van der Waals surface area contributed by atoms with Crippen LogP contribution in [0.15, 0.2) is 109 Å². The number of benzene rings is 5. The van der Waals surface area contributed by atoms with Crippen molar-refractivity contribution in [2.24, 2.45) is 5.41 Å². The molecule has 1 radical (unpaired) electrons. The molecule has 0 fully saturated rings. The number of halogens is 1. The number of fused-ring (bicyclic) bond motifs is 3. The summed E-state index contributed by atoms with van der Waals surface area (Å²) in [5.74, 6) is 3.12. The Bertz CT molecular complexity index is 2620. The smallest absolute Gasteiger partial charge is 0.166 e. The first-order valence-corrected chi connectivity index (χ1v) is 23.2. The van der Waals surface area contributed by atoms with E-state index in [4.69, 9.17) is 17.2 Å². The molecular weight excluding hydrogens is 914 g/mol. The van der Waals surface area contributed by atoms with E-state index in [1.807, 2.05) is 118 Å². The van der Waals surface area contributed by atoms with Crippen molar-refractivity contribution in [2.75, 3.05) is 0 Å². The zero-order valence-electron chi connectivity index (χ0n) is 36.9. The normalized spacial score (nSPS) is 13.0. The molecule has 1 aliphatic rings. The predicted octanol–water partition coefficient (Wildman–Crippen LogP) is 13.5. The molecule has 1 aliphatic heterocycles. The number of ether oxygens (including phenoxy) is 2. The molecule has 3 heterocycles. The molecule has 58 heavy (non-hydrogen) atoms. The van der Waals surface area contributed by atoms with Crippen LogP contribution in [0.5, 0.6) is 23.0 Å². The molecule has 8 rings (SSSR count). The largest absolute Gasteiger partial charge is 0.494 e. The van der Waals surface area contributed by atoms with Crippen LogP contribution in [0.2, 0.25) is 19.6 Å². The van der Waals surface area contributed by atoms with E-state index in [1.165, 1.54) is 0 Å². The van der Waals surface area contributed by atoms with Crippen molar-refractivity contribution in [3.05, 3.63) is 144 Å². The predicted molar refractivity (Wildman–Crippen MR) is 235 cm³/mol. The van der Waals surface area contributed by atoms with Gasteiger partial charge in [0.15, 0.2) is 11.5 Å². The molecule has 7 aromatic rings. The zero-order valence-corrected chi connectivity index (χ0v) is 38.3. The van der Waals surface area contributed by atoms with E-state index >= 15 is 0 Å². The second kappa shape index (κ2) is 17.1. The van der Waals surface area contributed by atoms with E-state index < -0.39 is 19.9 Å². The number of nitrogens with zero attached hydrogens (tertiary/aromatic N) is 3. The minimum Gasteiger partial charge on any atom is -0.494 e. The van der Waals surface area contributed by atoms with Crippen molar-refractivity contribution >= 4 is 24.3 Å². The zero-order chi connectivity index (χ0) is 42.4. The first kappa shape index (κ1) is 39.9. The molecule has 0 N–H and O–H groups in total. The fourth-order valence-electron chi connectivity index (χ4n) is 7.12. The first-order chi connectivity index (χ1) is 27.9. The summed E-state index contributed by atoms with van der Waals surface area (Å²) in [7, 11) is -1.70. The Kier molecular flexibility index (Phi) is 11.8. The van der Waals surface area contributed by atoms with E-state index in [1.54, 1.807) is 12.1 Å². The summed E-state index contributed by atoms with van der Waals surface area (Å²) >= 11 is 0. The third-order valence-corrected chi connectivity index (χ3v) is 11.8. The summed E-state index contributed by atoms with van der Waals surface area (Å²) in [4.78, 5) is 9.66. The summed E-state index contributed by atoms with van der Waals surface area (Å²) in [6, 6.07) is 38.8. The molecule has 0 unspecified atom stereocenters. The van der Waals surface area contributed by atoms with Crippen LogP contribution in [-0.2, 0) is 26.5 Å². The van der Waals surface area contributed by atoms with Crippen molar-refractivity contribution in [1.82, 2.24) is 14.5 Å². The van der Waals surface area contributed by atoms with Gasteiger partial charge in [-0.2, -0.15) is 0 Å². The van der Waals surface area contributed by atoms with E-state index in [0.29, 0.717) is 34.4 Å². The van der Waals surface area contributed by atoms with Crippen molar-refractivity contribution in [3.63, 3.8) is 0 Å². The van der Waals surface area contributed by atoms with Gasteiger partial charge in [0.05, 0.1) is 36.4 Å². The van der Waals surface area contributed by atoms with Crippen LogP contribution in [0.4, 0.5) is 4.39 Å². The van der Waals surface area contributed by atoms with Crippen LogP contribution in [-0.4, -0.2) is 22.6 Å². The van der Waals surface area contributed by atoms with Crippen molar-refractivity contribution in [2.45, 2.75) is 86.3 Å².